The minimum absolute atomic E-state index is 0.384. The largest absolute Gasteiger partial charge is 0.311 e. The van der Waals surface area contributed by atoms with Crippen molar-refractivity contribution in [1.29, 1.82) is 0 Å². The highest BCUT2D eigenvalue weighted by Crippen LogP contribution is 2.34. The average molecular weight is 224 g/mol. The molecule has 0 amide bonds. The Kier molecular flexibility index (Phi) is 3.33. The van der Waals surface area contributed by atoms with E-state index < -0.39 is 0 Å². The molecule has 2 unspecified atom stereocenters. The van der Waals surface area contributed by atoms with Crippen molar-refractivity contribution in [3.63, 3.8) is 0 Å². The monoisotopic (exact) mass is 224 g/mol. The Hall–Kier alpha value is -0.0800. The van der Waals surface area contributed by atoms with Crippen LogP contribution in [0.3, 0.4) is 0 Å². The highest BCUT2D eigenvalue weighted by atomic mass is 15.3. The highest BCUT2D eigenvalue weighted by molar-refractivity contribution is 4.98. The maximum atomic E-state index is 3.76. The standard InChI is InChI=1S/C14H28N2/c1-10(2)12-8-15-13(14(3,4)5)9-16(12)11-6-7-11/h10-13,15H,6-9H2,1-5H3. The third-order valence-corrected chi connectivity index (χ3v) is 4.22. The lowest BCUT2D eigenvalue weighted by Gasteiger charge is -2.46. The van der Waals surface area contributed by atoms with Gasteiger partial charge >= 0.3 is 0 Å². The maximum absolute atomic E-state index is 3.76. The van der Waals surface area contributed by atoms with E-state index in [1.54, 1.807) is 0 Å². The summed E-state index contributed by atoms with van der Waals surface area (Å²) in [4.78, 5) is 2.79. The average Bonchev–Trinajstić information content (AvgIpc) is 2.98. The van der Waals surface area contributed by atoms with Gasteiger partial charge in [-0.1, -0.05) is 34.6 Å². The van der Waals surface area contributed by atoms with Gasteiger partial charge in [0.15, 0.2) is 0 Å². The normalized spacial score (nSPS) is 33.4. The zero-order chi connectivity index (χ0) is 11.9. The molecular weight excluding hydrogens is 196 g/mol. The molecule has 16 heavy (non-hydrogen) atoms. The van der Waals surface area contributed by atoms with Gasteiger partial charge in [-0.15, -0.1) is 0 Å². The molecule has 0 aromatic heterocycles. The molecule has 1 heterocycles. The Morgan fingerprint density at radius 2 is 1.81 bits per heavy atom. The van der Waals surface area contributed by atoms with Crippen LogP contribution in [0.15, 0.2) is 0 Å². The van der Waals surface area contributed by atoms with Crippen LogP contribution in [0.25, 0.3) is 0 Å². The van der Waals surface area contributed by atoms with Gasteiger partial charge < -0.3 is 5.32 Å². The summed E-state index contributed by atoms with van der Waals surface area (Å²) < 4.78 is 0. The molecule has 94 valence electrons. The summed E-state index contributed by atoms with van der Waals surface area (Å²) in [5.74, 6) is 0.772. The van der Waals surface area contributed by atoms with Crippen molar-refractivity contribution >= 4 is 0 Å². The van der Waals surface area contributed by atoms with E-state index in [1.165, 1.54) is 25.9 Å². The van der Waals surface area contributed by atoms with E-state index >= 15 is 0 Å². The first-order chi connectivity index (χ1) is 7.39. The first-order valence-corrected chi connectivity index (χ1v) is 6.88. The Labute approximate surface area is 101 Å². The van der Waals surface area contributed by atoms with E-state index in [1.807, 2.05) is 0 Å². The zero-order valence-electron chi connectivity index (χ0n) is 11.6. The van der Waals surface area contributed by atoms with Gasteiger partial charge in [0.05, 0.1) is 0 Å². The molecule has 1 aliphatic carbocycles. The van der Waals surface area contributed by atoms with Crippen molar-refractivity contribution in [3.8, 4) is 0 Å². The lowest BCUT2D eigenvalue weighted by molar-refractivity contribution is 0.0569. The number of piperazine rings is 1. The number of hydrogen-bond acceptors (Lipinski definition) is 2. The summed E-state index contributed by atoms with van der Waals surface area (Å²) in [6, 6.07) is 2.31. The van der Waals surface area contributed by atoms with E-state index in [2.05, 4.69) is 44.8 Å². The van der Waals surface area contributed by atoms with Crippen molar-refractivity contribution < 1.29 is 0 Å². The molecule has 1 saturated heterocycles. The molecule has 2 heteroatoms. The molecule has 1 aliphatic heterocycles. The molecule has 0 aromatic rings. The van der Waals surface area contributed by atoms with Gasteiger partial charge in [-0.2, -0.15) is 0 Å². The molecule has 2 fully saturated rings. The lowest BCUT2D eigenvalue weighted by atomic mass is 9.83. The van der Waals surface area contributed by atoms with E-state index in [0.717, 1.165) is 18.0 Å². The van der Waals surface area contributed by atoms with Gasteiger partial charge in [0.2, 0.25) is 0 Å². The van der Waals surface area contributed by atoms with Crippen LogP contribution in [0.2, 0.25) is 0 Å². The molecule has 2 nitrogen and oxygen atoms in total. The van der Waals surface area contributed by atoms with Gasteiger partial charge in [-0.05, 0) is 24.2 Å². The van der Waals surface area contributed by atoms with Crippen molar-refractivity contribution in [1.82, 2.24) is 10.2 Å². The molecule has 1 N–H and O–H groups in total. The van der Waals surface area contributed by atoms with Crippen LogP contribution in [0, 0.1) is 11.3 Å². The Morgan fingerprint density at radius 1 is 1.19 bits per heavy atom. The summed E-state index contributed by atoms with van der Waals surface area (Å²) in [7, 11) is 0. The third kappa shape index (κ3) is 2.60. The van der Waals surface area contributed by atoms with Gasteiger partial charge in [-0.3, -0.25) is 4.90 Å². The van der Waals surface area contributed by atoms with Crippen molar-refractivity contribution in [2.45, 2.75) is 65.6 Å². The highest BCUT2D eigenvalue weighted by Gasteiger charge is 2.41. The summed E-state index contributed by atoms with van der Waals surface area (Å²) in [6.45, 7) is 14.2. The van der Waals surface area contributed by atoms with Crippen LogP contribution in [-0.2, 0) is 0 Å². The van der Waals surface area contributed by atoms with Gasteiger partial charge in [0, 0.05) is 31.2 Å². The van der Waals surface area contributed by atoms with E-state index in [4.69, 9.17) is 0 Å². The molecule has 2 aliphatic rings. The van der Waals surface area contributed by atoms with Crippen LogP contribution >= 0.6 is 0 Å². The summed E-state index contributed by atoms with van der Waals surface area (Å²) in [5.41, 5.74) is 0.384. The predicted octanol–water partition coefficient (Wildman–Crippen LogP) is 2.49. The van der Waals surface area contributed by atoms with E-state index in [0.29, 0.717) is 11.5 Å². The molecule has 1 saturated carbocycles. The second kappa shape index (κ2) is 4.30. The first-order valence-electron chi connectivity index (χ1n) is 6.88. The minimum Gasteiger partial charge on any atom is -0.311 e. The summed E-state index contributed by atoms with van der Waals surface area (Å²) >= 11 is 0. The van der Waals surface area contributed by atoms with Gasteiger partial charge in [-0.25, -0.2) is 0 Å². The van der Waals surface area contributed by atoms with E-state index in [9.17, 15) is 0 Å². The second-order valence-corrected chi connectivity index (χ2v) is 7.07. The van der Waals surface area contributed by atoms with Crippen molar-refractivity contribution in [3.05, 3.63) is 0 Å². The van der Waals surface area contributed by atoms with Crippen LogP contribution in [0.1, 0.15) is 47.5 Å². The molecule has 0 aromatic carbocycles. The molecule has 0 spiro atoms. The molecule has 0 bridgehead atoms. The Morgan fingerprint density at radius 3 is 2.25 bits per heavy atom. The zero-order valence-corrected chi connectivity index (χ0v) is 11.6. The van der Waals surface area contributed by atoms with Gasteiger partial charge in [0.1, 0.15) is 0 Å². The molecule has 2 rings (SSSR count). The van der Waals surface area contributed by atoms with Crippen molar-refractivity contribution in [2.75, 3.05) is 13.1 Å². The van der Waals surface area contributed by atoms with Crippen LogP contribution in [0.4, 0.5) is 0 Å². The fourth-order valence-corrected chi connectivity index (χ4v) is 2.82. The number of hydrogen-bond donors (Lipinski definition) is 1. The SMILES string of the molecule is CC(C)C1CNC(C(C)(C)C)CN1C1CC1. The fraction of sp³-hybridized carbons (Fsp3) is 1.00. The Bertz CT molecular complexity index is 238. The quantitative estimate of drug-likeness (QED) is 0.775. The van der Waals surface area contributed by atoms with Crippen LogP contribution < -0.4 is 5.32 Å². The molecule has 2 atom stereocenters. The smallest absolute Gasteiger partial charge is 0.0247 e. The van der Waals surface area contributed by atoms with Gasteiger partial charge in [0.25, 0.3) is 0 Å². The van der Waals surface area contributed by atoms with Crippen LogP contribution in [0.5, 0.6) is 0 Å². The summed E-state index contributed by atoms with van der Waals surface area (Å²) in [6.07, 6.45) is 2.86. The number of nitrogens with zero attached hydrogens (tertiary/aromatic N) is 1. The fourth-order valence-electron chi connectivity index (χ4n) is 2.82. The maximum Gasteiger partial charge on any atom is 0.0247 e. The summed E-state index contributed by atoms with van der Waals surface area (Å²) in [5, 5.41) is 3.76. The topological polar surface area (TPSA) is 15.3 Å². The Balaban J connectivity index is 2.03. The number of nitrogens with one attached hydrogen (secondary N) is 1. The van der Waals surface area contributed by atoms with Crippen LogP contribution in [-0.4, -0.2) is 36.1 Å². The first kappa shape index (κ1) is 12.4. The molecule has 0 radical (unpaired) electrons. The molecular formula is C14H28N2. The second-order valence-electron chi connectivity index (χ2n) is 7.07. The third-order valence-electron chi connectivity index (χ3n) is 4.22. The van der Waals surface area contributed by atoms with Crippen molar-refractivity contribution in [2.24, 2.45) is 11.3 Å². The minimum atomic E-state index is 0.384. The van der Waals surface area contributed by atoms with E-state index in [-0.39, 0.29) is 0 Å². The predicted molar refractivity (Wildman–Crippen MR) is 69.6 cm³/mol. The number of rotatable bonds is 2. The lowest BCUT2D eigenvalue weighted by Crippen LogP contribution is -2.62.